The summed E-state index contributed by atoms with van der Waals surface area (Å²) in [4.78, 5) is 15.3. The molecule has 1 saturated carbocycles. The van der Waals surface area contributed by atoms with Gasteiger partial charge in [0.05, 0.1) is 13.2 Å². The fraction of sp³-hybridized carbons (Fsp3) is 0.611. The quantitative estimate of drug-likeness (QED) is 0.794. The molecule has 112 valence electrons. The summed E-state index contributed by atoms with van der Waals surface area (Å²) in [5.41, 5.74) is 2.44. The van der Waals surface area contributed by atoms with E-state index < -0.39 is 0 Å². The molecule has 1 aromatic rings. The van der Waals surface area contributed by atoms with Crippen molar-refractivity contribution in [2.45, 2.75) is 43.6 Å². The van der Waals surface area contributed by atoms with Gasteiger partial charge in [-0.05, 0) is 62.5 Å². The number of Topliss-reactive ketones (excluding diaryl/α,β-unsaturated/α-hetero) is 1. The van der Waals surface area contributed by atoms with Crippen molar-refractivity contribution in [1.29, 1.82) is 0 Å². The van der Waals surface area contributed by atoms with E-state index in [-0.39, 0.29) is 11.5 Å². The smallest absolute Gasteiger partial charge is 0.180 e. The first-order chi connectivity index (χ1) is 10.2. The topological polar surface area (TPSA) is 29.5 Å². The number of nitrogens with zero attached hydrogens (tertiary/aromatic N) is 1. The summed E-state index contributed by atoms with van der Waals surface area (Å²) in [6.07, 6.45) is 6.16. The van der Waals surface area contributed by atoms with Gasteiger partial charge in [0.1, 0.15) is 5.75 Å². The maximum atomic E-state index is 13.0. The number of rotatable bonds is 1. The van der Waals surface area contributed by atoms with Gasteiger partial charge in [-0.15, -0.1) is 0 Å². The van der Waals surface area contributed by atoms with E-state index in [1.165, 1.54) is 37.7 Å². The van der Waals surface area contributed by atoms with Crippen LogP contribution in [0, 0.1) is 5.92 Å². The van der Waals surface area contributed by atoms with E-state index in [4.69, 9.17) is 4.74 Å². The summed E-state index contributed by atoms with van der Waals surface area (Å²) in [7, 11) is 3.83. The van der Waals surface area contributed by atoms with Crippen molar-refractivity contribution in [3.63, 3.8) is 0 Å². The van der Waals surface area contributed by atoms with Crippen molar-refractivity contribution in [3.05, 3.63) is 29.3 Å². The normalized spacial score (nSPS) is 35.0. The van der Waals surface area contributed by atoms with Gasteiger partial charge in [0.15, 0.2) is 5.78 Å². The zero-order chi connectivity index (χ0) is 14.6. The Balaban J connectivity index is 1.95. The predicted molar refractivity (Wildman–Crippen MR) is 82.0 cm³/mol. The maximum absolute atomic E-state index is 13.0. The van der Waals surface area contributed by atoms with Crippen molar-refractivity contribution in [3.8, 4) is 5.75 Å². The molecule has 1 heterocycles. The largest absolute Gasteiger partial charge is 0.497 e. The molecule has 1 saturated heterocycles. The van der Waals surface area contributed by atoms with Gasteiger partial charge in [-0.25, -0.2) is 0 Å². The third-order valence-electron chi connectivity index (χ3n) is 6.16. The first-order valence-electron chi connectivity index (χ1n) is 8.10. The Morgan fingerprint density at radius 3 is 2.95 bits per heavy atom. The lowest BCUT2D eigenvalue weighted by molar-refractivity contribution is 0.00835. The van der Waals surface area contributed by atoms with Crippen LogP contribution < -0.4 is 4.74 Å². The van der Waals surface area contributed by atoms with Crippen LogP contribution >= 0.6 is 0 Å². The Bertz CT molecular complexity index is 597. The molecule has 0 aromatic heterocycles. The summed E-state index contributed by atoms with van der Waals surface area (Å²) in [6, 6.07) is 6.18. The van der Waals surface area contributed by atoms with E-state index in [0.29, 0.717) is 11.7 Å². The Labute approximate surface area is 126 Å². The second-order valence-corrected chi connectivity index (χ2v) is 6.96. The van der Waals surface area contributed by atoms with E-state index in [0.717, 1.165) is 17.9 Å². The molecule has 2 fully saturated rings. The minimum Gasteiger partial charge on any atom is -0.497 e. The molecule has 21 heavy (non-hydrogen) atoms. The minimum absolute atomic E-state index is 0.0972. The number of likely N-dealkylation sites (tertiary alicyclic amines) is 1. The number of carbonyl (C=O) groups excluding carboxylic acids is 1. The zero-order valence-corrected chi connectivity index (χ0v) is 12.9. The van der Waals surface area contributed by atoms with Crippen LogP contribution in [0.3, 0.4) is 0 Å². The van der Waals surface area contributed by atoms with Crippen LogP contribution in [0.4, 0.5) is 0 Å². The average Bonchev–Trinajstić information content (AvgIpc) is 2.53. The van der Waals surface area contributed by atoms with Gasteiger partial charge in [0.2, 0.25) is 0 Å². The molecule has 0 radical (unpaired) electrons. The van der Waals surface area contributed by atoms with E-state index in [2.05, 4.69) is 18.0 Å². The predicted octanol–water partition coefficient (Wildman–Crippen LogP) is 3.02. The van der Waals surface area contributed by atoms with E-state index in [9.17, 15) is 4.79 Å². The van der Waals surface area contributed by atoms with Gasteiger partial charge < -0.3 is 4.74 Å². The molecule has 2 aliphatic carbocycles. The lowest BCUT2D eigenvalue weighted by atomic mass is 9.52. The standard InChI is InChI=1S/C18H23NO2/c1-19-10-9-18-8-4-3-5-14(18)16(19)17(20)13-7-6-12(21-2)11-15(13)18/h6-7,11,14,16H,3-5,8-10H2,1-2H3/t14-,16+,18+/m1/s1. The highest BCUT2D eigenvalue weighted by Gasteiger charge is 2.56. The number of ether oxygens (including phenoxy) is 1. The van der Waals surface area contributed by atoms with Crippen LogP contribution in [0.5, 0.6) is 5.75 Å². The van der Waals surface area contributed by atoms with E-state index >= 15 is 0 Å². The van der Waals surface area contributed by atoms with Crippen LogP contribution in [0.1, 0.15) is 48.0 Å². The van der Waals surface area contributed by atoms with Gasteiger partial charge in [-0.1, -0.05) is 12.8 Å². The molecule has 0 spiro atoms. The van der Waals surface area contributed by atoms with Crippen LogP contribution in [0.2, 0.25) is 0 Å². The van der Waals surface area contributed by atoms with Gasteiger partial charge >= 0.3 is 0 Å². The number of hydrogen-bond acceptors (Lipinski definition) is 3. The molecule has 3 nitrogen and oxygen atoms in total. The molecule has 3 atom stereocenters. The fourth-order valence-corrected chi connectivity index (χ4v) is 5.15. The Kier molecular flexibility index (Phi) is 2.90. The molecule has 0 amide bonds. The number of methoxy groups -OCH3 is 1. The van der Waals surface area contributed by atoms with Gasteiger partial charge in [-0.3, -0.25) is 9.69 Å². The molecule has 0 N–H and O–H groups in total. The number of hydrogen-bond donors (Lipinski definition) is 0. The molecule has 0 unspecified atom stereocenters. The monoisotopic (exact) mass is 285 g/mol. The van der Waals surface area contributed by atoms with Gasteiger partial charge in [-0.2, -0.15) is 0 Å². The number of fused-ring (bicyclic) bond motifs is 1. The number of carbonyl (C=O) groups is 1. The van der Waals surface area contributed by atoms with Crippen LogP contribution in [0.15, 0.2) is 18.2 Å². The van der Waals surface area contributed by atoms with Crippen molar-refractivity contribution >= 4 is 5.78 Å². The van der Waals surface area contributed by atoms with E-state index in [1.54, 1.807) is 7.11 Å². The number of ketones is 1. The minimum atomic E-state index is 0.0972. The van der Waals surface area contributed by atoms with Crippen molar-refractivity contribution in [2.75, 3.05) is 20.7 Å². The fourth-order valence-electron chi connectivity index (χ4n) is 5.15. The van der Waals surface area contributed by atoms with Crippen LogP contribution in [-0.2, 0) is 5.41 Å². The molecule has 1 aliphatic heterocycles. The number of likely N-dealkylation sites (N-methyl/N-ethyl adjacent to an activating group) is 1. The lowest BCUT2D eigenvalue weighted by Crippen LogP contribution is -2.62. The van der Waals surface area contributed by atoms with Crippen LogP contribution in [0.25, 0.3) is 0 Å². The van der Waals surface area contributed by atoms with Gasteiger partial charge in [0.25, 0.3) is 0 Å². The Hall–Kier alpha value is -1.35. The summed E-state index contributed by atoms with van der Waals surface area (Å²) in [5.74, 6) is 1.71. The first kappa shape index (κ1) is 13.3. The highest BCUT2D eigenvalue weighted by atomic mass is 16.5. The molecule has 3 aliphatic rings. The molecule has 2 bridgehead atoms. The van der Waals surface area contributed by atoms with Crippen molar-refractivity contribution in [1.82, 2.24) is 4.90 Å². The van der Waals surface area contributed by atoms with Crippen molar-refractivity contribution in [2.24, 2.45) is 5.92 Å². The van der Waals surface area contributed by atoms with Gasteiger partial charge in [0, 0.05) is 11.0 Å². The molecular formula is C18H23NO2. The average molecular weight is 285 g/mol. The third kappa shape index (κ3) is 1.67. The highest BCUT2D eigenvalue weighted by molar-refractivity contribution is 6.03. The number of benzene rings is 1. The Morgan fingerprint density at radius 2 is 2.14 bits per heavy atom. The molecular weight excluding hydrogens is 262 g/mol. The van der Waals surface area contributed by atoms with E-state index in [1.807, 2.05) is 12.1 Å². The SMILES string of the molecule is COc1ccc2c(c1)[C@]13CCCC[C@@H]1[C@@H](C2=O)N(C)CC3. The first-order valence-corrected chi connectivity index (χ1v) is 8.10. The second-order valence-electron chi connectivity index (χ2n) is 6.96. The summed E-state index contributed by atoms with van der Waals surface area (Å²) in [6.45, 7) is 1.03. The lowest BCUT2D eigenvalue weighted by Gasteiger charge is -2.57. The Morgan fingerprint density at radius 1 is 1.29 bits per heavy atom. The highest BCUT2D eigenvalue weighted by Crippen LogP contribution is 2.55. The summed E-state index contributed by atoms with van der Waals surface area (Å²) >= 11 is 0. The summed E-state index contributed by atoms with van der Waals surface area (Å²) in [5, 5.41) is 0. The summed E-state index contributed by atoms with van der Waals surface area (Å²) < 4.78 is 5.43. The maximum Gasteiger partial charge on any atom is 0.180 e. The molecule has 4 rings (SSSR count). The molecule has 3 heteroatoms. The zero-order valence-electron chi connectivity index (χ0n) is 12.9. The second kappa shape index (κ2) is 4.57. The third-order valence-corrected chi connectivity index (χ3v) is 6.16. The number of piperidine rings is 1. The molecule has 1 aromatic carbocycles. The van der Waals surface area contributed by atoms with Crippen molar-refractivity contribution < 1.29 is 9.53 Å². The van der Waals surface area contributed by atoms with Crippen LogP contribution in [-0.4, -0.2) is 37.4 Å².